The molecule has 120 valence electrons. The number of carbonyl (C=O) groups excluding carboxylic acids is 1. The minimum atomic E-state index is -4.74. The zero-order valence-electron chi connectivity index (χ0n) is 11.8. The fourth-order valence-corrected chi connectivity index (χ4v) is 2.29. The first-order valence-corrected chi connectivity index (χ1v) is 6.82. The van der Waals surface area contributed by atoms with Crippen LogP contribution in [0.3, 0.4) is 0 Å². The van der Waals surface area contributed by atoms with Crippen molar-refractivity contribution in [3.8, 4) is 11.5 Å². The average Bonchev–Trinajstić information content (AvgIpc) is 2.92. The van der Waals surface area contributed by atoms with Crippen molar-refractivity contribution in [2.24, 2.45) is 0 Å². The molecule has 3 rings (SSSR count). The van der Waals surface area contributed by atoms with Gasteiger partial charge in [0, 0.05) is 12.1 Å². The summed E-state index contributed by atoms with van der Waals surface area (Å²) in [4.78, 5) is 12.1. The van der Waals surface area contributed by atoms with Crippen LogP contribution in [0, 0.1) is 0 Å². The normalized spacial score (nSPS) is 16.4. The van der Waals surface area contributed by atoms with Gasteiger partial charge in [0.05, 0.1) is 0 Å². The Labute approximate surface area is 129 Å². The van der Waals surface area contributed by atoms with Crippen molar-refractivity contribution < 1.29 is 27.4 Å². The zero-order valence-corrected chi connectivity index (χ0v) is 11.8. The lowest BCUT2D eigenvalue weighted by molar-refractivity contribution is -0.274. The molecule has 0 saturated carbocycles. The standard InChI is InChI=1S/C16H12F3NO3/c17-16(18,19)23-12-7-5-11(6-8-12)20-15(21)14-9-10-3-1-2-4-13(10)22-14/h1-8,14H,9H2,(H,20,21)/t14-/m0/s1. The highest BCUT2D eigenvalue weighted by molar-refractivity contribution is 5.95. The van der Waals surface area contributed by atoms with Crippen molar-refractivity contribution >= 4 is 11.6 Å². The number of nitrogens with one attached hydrogen (secondary N) is 1. The number of rotatable bonds is 3. The Bertz CT molecular complexity index is 688. The molecule has 0 unspecified atom stereocenters. The summed E-state index contributed by atoms with van der Waals surface area (Å²) in [6.07, 6.45) is -4.94. The molecular formula is C16H12F3NO3. The van der Waals surface area contributed by atoms with Crippen LogP contribution in [-0.4, -0.2) is 18.4 Å². The van der Waals surface area contributed by atoms with Crippen molar-refractivity contribution in [1.29, 1.82) is 0 Å². The van der Waals surface area contributed by atoms with Crippen molar-refractivity contribution in [1.82, 2.24) is 0 Å². The molecule has 23 heavy (non-hydrogen) atoms. The van der Waals surface area contributed by atoms with Gasteiger partial charge in [0.1, 0.15) is 11.5 Å². The number of benzene rings is 2. The molecule has 1 atom stereocenters. The van der Waals surface area contributed by atoms with Gasteiger partial charge < -0.3 is 14.8 Å². The number of para-hydroxylation sites is 1. The van der Waals surface area contributed by atoms with Crippen LogP contribution >= 0.6 is 0 Å². The van der Waals surface area contributed by atoms with Gasteiger partial charge in [-0.25, -0.2) is 0 Å². The van der Waals surface area contributed by atoms with Crippen LogP contribution in [0.15, 0.2) is 48.5 Å². The van der Waals surface area contributed by atoms with Crippen molar-refractivity contribution in [3.05, 3.63) is 54.1 Å². The molecule has 0 radical (unpaired) electrons. The predicted octanol–water partition coefficient (Wildman–Crippen LogP) is 3.53. The Morgan fingerprint density at radius 1 is 1.13 bits per heavy atom. The summed E-state index contributed by atoms with van der Waals surface area (Å²) in [5.74, 6) is -0.0349. The van der Waals surface area contributed by atoms with Gasteiger partial charge in [0.15, 0.2) is 6.10 Å². The van der Waals surface area contributed by atoms with E-state index in [4.69, 9.17) is 4.74 Å². The molecule has 7 heteroatoms. The van der Waals surface area contributed by atoms with Crippen molar-refractivity contribution in [2.45, 2.75) is 18.9 Å². The van der Waals surface area contributed by atoms with Gasteiger partial charge in [-0.15, -0.1) is 13.2 Å². The summed E-state index contributed by atoms with van der Waals surface area (Å²) in [5, 5.41) is 2.61. The third-order valence-corrected chi connectivity index (χ3v) is 3.30. The highest BCUT2D eigenvalue weighted by Crippen LogP contribution is 2.29. The zero-order chi connectivity index (χ0) is 16.4. The maximum atomic E-state index is 12.1. The maximum Gasteiger partial charge on any atom is 0.573 e. The van der Waals surface area contributed by atoms with E-state index in [-0.39, 0.29) is 11.7 Å². The number of fused-ring (bicyclic) bond motifs is 1. The fourth-order valence-electron chi connectivity index (χ4n) is 2.29. The molecule has 1 aliphatic heterocycles. The number of ether oxygens (including phenoxy) is 2. The number of anilines is 1. The molecule has 0 saturated heterocycles. The highest BCUT2D eigenvalue weighted by Gasteiger charge is 2.31. The quantitative estimate of drug-likeness (QED) is 0.940. The van der Waals surface area contributed by atoms with E-state index in [2.05, 4.69) is 10.1 Å². The average molecular weight is 323 g/mol. The molecule has 0 bridgehead atoms. The Morgan fingerprint density at radius 3 is 2.48 bits per heavy atom. The van der Waals surface area contributed by atoms with Gasteiger partial charge in [-0.1, -0.05) is 18.2 Å². The number of alkyl halides is 3. The van der Waals surface area contributed by atoms with Gasteiger partial charge >= 0.3 is 6.36 Å². The minimum absolute atomic E-state index is 0.347. The number of carbonyl (C=O) groups is 1. The van der Waals surface area contributed by atoms with E-state index >= 15 is 0 Å². The topological polar surface area (TPSA) is 47.6 Å². The van der Waals surface area contributed by atoms with Crippen LogP contribution in [0.1, 0.15) is 5.56 Å². The van der Waals surface area contributed by atoms with Crippen molar-refractivity contribution in [3.63, 3.8) is 0 Å². The second kappa shape index (κ2) is 5.83. The van der Waals surface area contributed by atoms with Crippen LogP contribution in [-0.2, 0) is 11.2 Å². The lowest BCUT2D eigenvalue weighted by Crippen LogP contribution is -2.31. The van der Waals surface area contributed by atoms with Gasteiger partial charge in [-0.3, -0.25) is 4.79 Å². The molecule has 0 aliphatic carbocycles. The van der Waals surface area contributed by atoms with Gasteiger partial charge in [0.25, 0.3) is 5.91 Å². The highest BCUT2D eigenvalue weighted by atomic mass is 19.4. The van der Waals surface area contributed by atoms with Crippen molar-refractivity contribution in [2.75, 3.05) is 5.32 Å². The molecule has 1 heterocycles. The molecule has 0 spiro atoms. The predicted molar refractivity (Wildman–Crippen MR) is 76.3 cm³/mol. The van der Waals surface area contributed by atoms with Gasteiger partial charge in [-0.2, -0.15) is 0 Å². The Hall–Kier alpha value is -2.70. The second-order valence-electron chi connectivity index (χ2n) is 4.98. The van der Waals surface area contributed by atoms with Crippen LogP contribution in [0.25, 0.3) is 0 Å². The molecule has 2 aromatic rings. The van der Waals surface area contributed by atoms with Crippen LogP contribution in [0.5, 0.6) is 11.5 Å². The fraction of sp³-hybridized carbons (Fsp3) is 0.188. The van der Waals surface area contributed by atoms with E-state index in [0.29, 0.717) is 17.9 Å². The molecule has 4 nitrogen and oxygen atoms in total. The summed E-state index contributed by atoms with van der Waals surface area (Å²) < 4.78 is 45.5. The first-order valence-electron chi connectivity index (χ1n) is 6.82. The van der Waals surface area contributed by atoms with E-state index in [9.17, 15) is 18.0 Å². The monoisotopic (exact) mass is 323 g/mol. The Balaban J connectivity index is 1.61. The molecule has 1 aliphatic rings. The maximum absolute atomic E-state index is 12.1. The number of amides is 1. The summed E-state index contributed by atoms with van der Waals surface area (Å²) in [6.45, 7) is 0. The smallest absolute Gasteiger partial charge is 0.480 e. The van der Waals surface area contributed by atoms with E-state index in [1.807, 2.05) is 18.2 Å². The first-order chi connectivity index (χ1) is 10.9. The van der Waals surface area contributed by atoms with E-state index in [1.165, 1.54) is 12.1 Å². The van der Waals surface area contributed by atoms with E-state index in [1.54, 1.807) is 6.07 Å². The van der Waals surface area contributed by atoms with Gasteiger partial charge in [-0.05, 0) is 35.9 Å². The SMILES string of the molecule is O=C(Nc1ccc(OC(F)(F)F)cc1)[C@@H]1Cc2ccccc2O1. The minimum Gasteiger partial charge on any atom is -0.480 e. The first kappa shape index (κ1) is 15.2. The Morgan fingerprint density at radius 2 is 1.83 bits per heavy atom. The molecule has 1 N–H and O–H groups in total. The number of halogens is 3. The Kier molecular flexibility index (Phi) is 3.85. The summed E-state index contributed by atoms with van der Waals surface area (Å²) in [5.41, 5.74) is 1.31. The van der Waals surface area contributed by atoms with Crippen LogP contribution < -0.4 is 14.8 Å². The molecular weight excluding hydrogens is 311 g/mol. The van der Waals surface area contributed by atoms with E-state index < -0.39 is 12.5 Å². The summed E-state index contributed by atoms with van der Waals surface area (Å²) in [6, 6.07) is 12.3. The van der Waals surface area contributed by atoms with Crippen LogP contribution in [0.4, 0.5) is 18.9 Å². The third-order valence-electron chi connectivity index (χ3n) is 3.30. The number of hydrogen-bond donors (Lipinski definition) is 1. The van der Waals surface area contributed by atoms with Crippen LogP contribution in [0.2, 0.25) is 0 Å². The lowest BCUT2D eigenvalue weighted by Gasteiger charge is -2.12. The molecule has 1 amide bonds. The summed E-state index contributed by atoms with van der Waals surface area (Å²) in [7, 11) is 0. The molecule has 2 aromatic carbocycles. The summed E-state index contributed by atoms with van der Waals surface area (Å²) >= 11 is 0. The number of hydrogen-bond acceptors (Lipinski definition) is 3. The molecule has 0 aromatic heterocycles. The third kappa shape index (κ3) is 3.74. The van der Waals surface area contributed by atoms with E-state index in [0.717, 1.165) is 17.7 Å². The largest absolute Gasteiger partial charge is 0.573 e. The molecule has 0 fully saturated rings. The lowest BCUT2D eigenvalue weighted by atomic mass is 10.1. The second-order valence-corrected chi connectivity index (χ2v) is 4.98. The van der Waals surface area contributed by atoms with Gasteiger partial charge in [0.2, 0.25) is 0 Å².